The zero-order valence-corrected chi connectivity index (χ0v) is 16.1. The van der Waals surface area contributed by atoms with Crippen LogP contribution >= 0.6 is 11.3 Å². The number of rotatable bonds is 4. The largest absolute Gasteiger partial charge is 0.496 e. The van der Waals surface area contributed by atoms with E-state index in [0.717, 1.165) is 16.9 Å². The quantitative estimate of drug-likeness (QED) is 0.723. The molecule has 140 valence electrons. The van der Waals surface area contributed by atoms with Gasteiger partial charge in [0.05, 0.1) is 17.3 Å². The first-order chi connectivity index (χ1) is 13.6. The molecule has 0 atom stereocenters. The van der Waals surface area contributed by atoms with Gasteiger partial charge in [0.15, 0.2) is 5.57 Å². The van der Waals surface area contributed by atoms with Gasteiger partial charge in [-0.2, -0.15) is 5.26 Å². The Morgan fingerprint density at radius 3 is 2.50 bits per heavy atom. The Balaban J connectivity index is 2.42. The third kappa shape index (κ3) is 3.59. The monoisotopic (exact) mass is 391 g/mol. The Morgan fingerprint density at radius 1 is 1.18 bits per heavy atom. The van der Waals surface area contributed by atoms with Crippen molar-refractivity contribution in [3.05, 3.63) is 79.7 Å². The highest BCUT2D eigenvalue weighted by Crippen LogP contribution is 2.17. The number of carbonyl (C=O) groups is 1. The van der Waals surface area contributed by atoms with Gasteiger partial charge in [0, 0.05) is 12.6 Å². The number of nitrogens with one attached hydrogen (secondary N) is 1. The van der Waals surface area contributed by atoms with Crippen molar-refractivity contribution in [2.75, 3.05) is 14.2 Å². The first-order valence-electron chi connectivity index (χ1n) is 8.39. The number of methoxy groups -OCH3 is 1. The molecule has 0 saturated heterocycles. The van der Waals surface area contributed by atoms with Crippen molar-refractivity contribution in [2.24, 2.45) is 0 Å². The molecule has 1 amide bonds. The van der Waals surface area contributed by atoms with Crippen LogP contribution in [0, 0.1) is 11.3 Å². The summed E-state index contributed by atoms with van der Waals surface area (Å²) in [6.45, 7) is 0. The number of thiazole rings is 1. The number of amides is 1. The Kier molecular flexibility index (Phi) is 5.72. The van der Waals surface area contributed by atoms with Gasteiger partial charge in [-0.25, -0.2) is 0 Å². The van der Waals surface area contributed by atoms with Crippen LogP contribution in [0.1, 0.15) is 5.56 Å². The van der Waals surface area contributed by atoms with Gasteiger partial charge in [0.1, 0.15) is 16.5 Å². The van der Waals surface area contributed by atoms with Gasteiger partial charge in [0.25, 0.3) is 11.5 Å². The van der Waals surface area contributed by atoms with Crippen molar-refractivity contribution in [3.8, 4) is 17.5 Å². The number of para-hydroxylation sites is 2. The molecule has 2 aromatic carbocycles. The normalized spacial score (nSPS) is 12.2. The maximum atomic E-state index is 13.2. The number of hydrogen-bond donors (Lipinski definition) is 1. The zero-order chi connectivity index (χ0) is 20.1. The maximum absolute atomic E-state index is 13.2. The first kappa shape index (κ1) is 19.1. The molecule has 0 fully saturated rings. The lowest BCUT2D eigenvalue weighted by Crippen LogP contribution is -2.33. The van der Waals surface area contributed by atoms with Crippen LogP contribution in [0.15, 0.2) is 59.4 Å². The minimum Gasteiger partial charge on any atom is -0.496 e. The predicted octanol–water partition coefficient (Wildman–Crippen LogP) is 1.16. The number of ether oxygens (including phenoxy) is 1. The van der Waals surface area contributed by atoms with E-state index in [1.54, 1.807) is 43.5 Å². The summed E-state index contributed by atoms with van der Waals surface area (Å²) in [6, 6.07) is 18.2. The van der Waals surface area contributed by atoms with Crippen molar-refractivity contribution in [1.29, 1.82) is 5.26 Å². The highest BCUT2D eigenvalue weighted by atomic mass is 32.1. The SMILES string of the molecule is CNC(=O)/C(C#N)=c1/s/c(=C/c2ccccc2OC)c(=O)n1-c1ccccc1. The second kappa shape index (κ2) is 8.37. The van der Waals surface area contributed by atoms with Crippen molar-refractivity contribution in [3.63, 3.8) is 0 Å². The van der Waals surface area contributed by atoms with E-state index >= 15 is 0 Å². The first-order valence-corrected chi connectivity index (χ1v) is 9.21. The van der Waals surface area contributed by atoms with Crippen LogP contribution in [0.4, 0.5) is 0 Å². The smallest absolute Gasteiger partial charge is 0.273 e. The maximum Gasteiger partial charge on any atom is 0.273 e. The Morgan fingerprint density at radius 2 is 1.86 bits per heavy atom. The topological polar surface area (TPSA) is 84.1 Å². The van der Waals surface area contributed by atoms with Crippen molar-refractivity contribution in [1.82, 2.24) is 9.88 Å². The molecule has 0 saturated carbocycles. The fourth-order valence-corrected chi connectivity index (χ4v) is 3.80. The van der Waals surface area contributed by atoms with Crippen molar-refractivity contribution < 1.29 is 9.53 Å². The molecule has 0 bridgehead atoms. The van der Waals surface area contributed by atoms with Gasteiger partial charge in [0.2, 0.25) is 0 Å². The number of carbonyl (C=O) groups excluding carboxylic acids is 1. The van der Waals surface area contributed by atoms with Gasteiger partial charge < -0.3 is 10.1 Å². The van der Waals surface area contributed by atoms with E-state index < -0.39 is 5.91 Å². The van der Waals surface area contributed by atoms with Crippen LogP contribution in [-0.2, 0) is 4.79 Å². The summed E-state index contributed by atoms with van der Waals surface area (Å²) < 4.78 is 7.40. The average molecular weight is 391 g/mol. The second-order valence-corrected chi connectivity index (χ2v) is 6.73. The van der Waals surface area contributed by atoms with Gasteiger partial charge >= 0.3 is 0 Å². The van der Waals surface area contributed by atoms with E-state index in [0.29, 0.717) is 16.0 Å². The van der Waals surface area contributed by atoms with Crippen molar-refractivity contribution in [2.45, 2.75) is 0 Å². The summed E-state index contributed by atoms with van der Waals surface area (Å²) in [4.78, 5) is 25.4. The molecule has 0 unspecified atom stereocenters. The minimum atomic E-state index is -0.544. The molecule has 1 heterocycles. The van der Waals surface area contributed by atoms with E-state index in [1.165, 1.54) is 11.6 Å². The summed E-state index contributed by atoms with van der Waals surface area (Å²) in [5, 5.41) is 12.0. The van der Waals surface area contributed by atoms with E-state index in [9.17, 15) is 14.9 Å². The third-order valence-corrected chi connectivity index (χ3v) is 5.14. The molecular weight excluding hydrogens is 374 g/mol. The lowest BCUT2D eigenvalue weighted by Gasteiger charge is -2.03. The van der Waals surface area contributed by atoms with Crippen LogP contribution < -0.4 is 24.8 Å². The second-order valence-electron chi connectivity index (χ2n) is 5.70. The van der Waals surface area contributed by atoms with E-state index in [4.69, 9.17) is 4.74 Å². The predicted molar refractivity (Wildman–Crippen MR) is 109 cm³/mol. The molecule has 0 aliphatic heterocycles. The molecule has 1 N–H and O–H groups in total. The summed E-state index contributed by atoms with van der Waals surface area (Å²) >= 11 is 1.09. The fraction of sp³-hybridized carbons (Fsp3) is 0.0952. The van der Waals surface area contributed by atoms with E-state index in [2.05, 4.69) is 5.32 Å². The molecule has 7 heteroatoms. The third-order valence-electron chi connectivity index (χ3n) is 4.04. The van der Waals surface area contributed by atoms with Crippen LogP contribution in [0.5, 0.6) is 5.75 Å². The molecule has 0 spiro atoms. The van der Waals surface area contributed by atoms with Gasteiger partial charge in [-0.3, -0.25) is 14.2 Å². The zero-order valence-electron chi connectivity index (χ0n) is 15.3. The molecule has 3 rings (SSSR count). The highest BCUT2D eigenvalue weighted by Gasteiger charge is 2.16. The number of hydrogen-bond acceptors (Lipinski definition) is 5. The summed E-state index contributed by atoms with van der Waals surface area (Å²) in [6.07, 6.45) is 1.70. The average Bonchev–Trinajstić information content (AvgIpc) is 3.05. The molecular formula is C21H17N3O3S. The molecule has 6 nitrogen and oxygen atoms in total. The number of aromatic nitrogens is 1. The molecule has 3 aromatic rings. The Labute approximate surface area is 165 Å². The molecule has 0 aliphatic rings. The van der Waals surface area contributed by atoms with Gasteiger partial charge in [-0.05, 0) is 24.3 Å². The standard InChI is InChI=1S/C21H17N3O3S/c1-23-19(25)16(13-22)21-24(15-9-4-3-5-10-15)20(26)18(28-21)12-14-8-6-7-11-17(14)27-2/h3-12H,1-2H3,(H,23,25)/b18-12+,21-16+. The summed E-state index contributed by atoms with van der Waals surface area (Å²) in [5.41, 5.74) is 0.880. The van der Waals surface area contributed by atoms with E-state index in [-0.39, 0.29) is 15.8 Å². The van der Waals surface area contributed by atoms with Crippen molar-refractivity contribution >= 4 is 28.9 Å². The fourth-order valence-electron chi connectivity index (χ4n) is 2.71. The van der Waals surface area contributed by atoms with Gasteiger partial charge in [-0.15, -0.1) is 11.3 Å². The Hall–Kier alpha value is -3.63. The minimum absolute atomic E-state index is 0.117. The van der Waals surface area contributed by atoms with Gasteiger partial charge in [-0.1, -0.05) is 36.4 Å². The number of nitriles is 1. The molecule has 1 aromatic heterocycles. The van der Waals surface area contributed by atoms with Crippen LogP contribution in [0.3, 0.4) is 0 Å². The van der Waals surface area contributed by atoms with Crippen LogP contribution in [0.2, 0.25) is 0 Å². The highest BCUT2D eigenvalue weighted by molar-refractivity contribution is 7.07. The summed E-state index contributed by atoms with van der Waals surface area (Å²) in [5.74, 6) is 0.0798. The van der Waals surface area contributed by atoms with Crippen LogP contribution in [-0.4, -0.2) is 24.6 Å². The van der Waals surface area contributed by atoms with Crippen LogP contribution in [0.25, 0.3) is 17.3 Å². The molecule has 0 aliphatic carbocycles. The molecule has 0 radical (unpaired) electrons. The molecule has 28 heavy (non-hydrogen) atoms. The Bertz CT molecular complexity index is 1230. The number of nitrogens with zero attached hydrogens (tertiary/aromatic N) is 2. The summed E-state index contributed by atoms with van der Waals surface area (Å²) in [7, 11) is 3.00. The lowest BCUT2D eigenvalue weighted by atomic mass is 10.2. The lowest BCUT2D eigenvalue weighted by molar-refractivity contribution is -0.115. The number of benzene rings is 2. The van der Waals surface area contributed by atoms with E-state index in [1.807, 2.05) is 30.3 Å².